The van der Waals surface area contributed by atoms with Gasteiger partial charge >= 0.3 is 5.97 Å². The van der Waals surface area contributed by atoms with Gasteiger partial charge in [-0.25, -0.2) is 0 Å². The Kier molecular flexibility index (Phi) is 6.06. The van der Waals surface area contributed by atoms with E-state index in [0.29, 0.717) is 43.2 Å². The van der Waals surface area contributed by atoms with Crippen LogP contribution in [-0.4, -0.2) is 48.2 Å². The summed E-state index contributed by atoms with van der Waals surface area (Å²) < 4.78 is 11.1. The first-order valence-corrected chi connectivity index (χ1v) is 8.37. The number of hydrogen-bond acceptors (Lipinski definition) is 4. The zero-order valence-corrected chi connectivity index (χ0v) is 14.4. The van der Waals surface area contributed by atoms with Gasteiger partial charge in [0.1, 0.15) is 0 Å². The quantitative estimate of drug-likeness (QED) is 0.865. The number of amides is 1. The SMILES string of the molecule is CCOc1ccc(C(=O)N2CC(C)CC(C(=O)O)C2)cc1OCC. The molecule has 0 saturated carbocycles. The second-order valence-corrected chi connectivity index (χ2v) is 6.11. The zero-order valence-electron chi connectivity index (χ0n) is 14.4. The van der Waals surface area contributed by atoms with Gasteiger partial charge in [0, 0.05) is 18.7 Å². The number of carbonyl (C=O) groups is 2. The molecule has 1 saturated heterocycles. The first kappa shape index (κ1) is 18.1. The minimum absolute atomic E-state index is 0.165. The van der Waals surface area contributed by atoms with Gasteiger partial charge in [0.15, 0.2) is 11.5 Å². The van der Waals surface area contributed by atoms with E-state index in [1.165, 1.54) is 0 Å². The molecular weight excluding hydrogens is 310 g/mol. The zero-order chi connectivity index (χ0) is 17.7. The maximum absolute atomic E-state index is 12.8. The van der Waals surface area contributed by atoms with Crippen molar-refractivity contribution in [3.05, 3.63) is 23.8 Å². The van der Waals surface area contributed by atoms with Crippen LogP contribution < -0.4 is 9.47 Å². The van der Waals surface area contributed by atoms with Crippen molar-refractivity contribution in [1.29, 1.82) is 0 Å². The number of hydrogen-bond donors (Lipinski definition) is 1. The predicted octanol–water partition coefficient (Wildman–Crippen LogP) is 2.67. The summed E-state index contributed by atoms with van der Waals surface area (Å²) in [7, 11) is 0. The van der Waals surface area contributed by atoms with Crippen LogP contribution >= 0.6 is 0 Å². The van der Waals surface area contributed by atoms with Crippen molar-refractivity contribution in [2.45, 2.75) is 27.2 Å². The molecule has 0 radical (unpaired) electrons. The molecular formula is C18H25NO5. The van der Waals surface area contributed by atoms with Gasteiger partial charge in [0.25, 0.3) is 5.91 Å². The molecule has 6 heteroatoms. The van der Waals surface area contributed by atoms with Crippen molar-refractivity contribution in [3.8, 4) is 11.5 Å². The number of aliphatic carboxylic acids is 1. The number of ether oxygens (including phenoxy) is 2. The fourth-order valence-electron chi connectivity index (χ4n) is 3.06. The molecule has 0 spiro atoms. The van der Waals surface area contributed by atoms with Crippen LogP contribution in [0.25, 0.3) is 0 Å². The third-order valence-corrected chi connectivity index (χ3v) is 4.09. The second kappa shape index (κ2) is 8.04. The predicted molar refractivity (Wildman–Crippen MR) is 89.6 cm³/mol. The molecule has 1 fully saturated rings. The molecule has 6 nitrogen and oxygen atoms in total. The van der Waals surface area contributed by atoms with Crippen LogP contribution in [0, 0.1) is 11.8 Å². The Balaban J connectivity index is 2.21. The molecule has 2 rings (SSSR count). The van der Waals surface area contributed by atoms with Gasteiger partial charge < -0.3 is 19.5 Å². The van der Waals surface area contributed by atoms with Crippen LogP contribution in [0.15, 0.2) is 18.2 Å². The Morgan fingerprint density at radius 2 is 1.83 bits per heavy atom. The van der Waals surface area contributed by atoms with Gasteiger partial charge in [-0.05, 0) is 44.4 Å². The highest BCUT2D eigenvalue weighted by Crippen LogP contribution is 2.30. The monoisotopic (exact) mass is 335 g/mol. The van der Waals surface area contributed by atoms with E-state index in [4.69, 9.17) is 9.47 Å². The molecule has 1 aromatic rings. The molecule has 0 aliphatic carbocycles. The maximum atomic E-state index is 12.8. The van der Waals surface area contributed by atoms with E-state index in [-0.39, 0.29) is 18.4 Å². The molecule has 0 bridgehead atoms. The molecule has 24 heavy (non-hydrogen) atoms. The Hall–Kier alpha value is -2.24. The normalized spacial score (nSPS) is 20.5. The lowest BCUT2D eigenvalue weighted by atomic mass is 9.90. The van der Waals surface area contributed by atoms with Crippen molar-refractivity contribution >= 4 is 11.9 Å². The molecule has 1 aliphatic rings. The number of likely N-dealkylation sites (tertiary alicyclic amines) is 1. The lowest BCUT2D eigenvalue weighted by molar-refractivity contribution is -0.143. The number of carboxylic acids is 1. The van der Waals surface area contributed by atoms with E-state index in [9.17, 15) is 14.7 Å². The Morgan fingerprint density at radius 3 is 2.46 bits per heavy atom. The van der Waals surface area contributed by atoms with Crippen LogP contribution in [0.3, 0.4) is 0 Å². The van der Waals surface area contributed by atoms with Crippen molar-refractivity contribution in [3.63, 3.8) is 0 Å². The summed E-state index contributed by atoms with van der Waals surface area (Å²) in [6.07, 6.45) is 0.604. The van der Waals surface area contributed by atoms with E-state index in [2.05, 4.69) is 0 Å². The largest absolute Gasteiger partial charge is 0.490 e. The van der Waals surface area contributed by atoms with E-state index >= 15 is 0 Å². The Bertz CT molecular complexity index is 601. The topological polar surface area (TPSA) is 76.1 Å². The molecule has 1 N–H and O–H groups in total. The molecule has 1 amide bonds. The van der Waals surface area contributed by atoms with Gasteiger partial charge in [0.05, 0.1) is 19.1 Å². The van der Waals surface area contributed by atoms with E-state index < -0.39 is 11.9 Å². The molecule has 1 aromatic carbocycles. The third kappa shape index (κ3) is 4.19. The van der Waals surface area contributed by atoms with Crippen LogP contribution in [0.2, 0.25) is 0 Å². The lowest BCUT2D eigenvalue weighted by Crippen LogP contribution is -2.45. The van der Waals surface area contributed by atoms with Gasteiger partial charge in [0.2, 0.25) is 0 Å². The Labute approximate surface area is 142 Å². The fraction of sp³-hybridized carbons (Fsp3) is 0.556. The summed E-state index contributed by atoms with van der Waals surface area (Å²) in [5.41, 5.74) is 0.486. The van der Waals surface area contributed by atoms with E-state index in [1.54, 1.807) is 23.1 Å². The highest BCUT2D eigenvalue weighted by Gasteiger charge is 2.32. The highest BCUT2D eigenvalue weighted by molar-refractivity contribution is 5.95. The van der Waals surface area contributed by atoms with E-state index in [0.717, 1.165) is 0 Å². The number of carboxylic acid groups (broad SMARTS) is 1. The fourth-order valence-corrected chi connectivity index (χ4v) is 3.06. The summed E-state index contributed by atoms with van der Waals surface area (Å²) in [4.78, 5) is 25.7. The molecule has 1 aliphatic heterocycles. The van der Waals surface area contributed by atoms with Gasteiger partial charge in [-0.2, -0.15) is 0 Å². The number of rotatable bonds is 6. The van der Waals surface area contributed by atoms with Crippen LogP contribution in [-0.2, 0) is 4.79 Å². The minimum Gasteiger partial charge on any atom is -0.490 e. The highest BCUT2D eigenvalue weighted by atomic mass is 16.5. The van der Waals surface area contributed by atoms with Gasteiger partial charge in [-0.1, -0.05) is 6.92 Å². The van der Waals surface area contributed by atoms with Crippen LogP contribution in [0.1, 0.15) is 37.6 Å². The average molecular weight is 335 g/mol. The summed E-state index contributed by atoms with van der Waals surface area (Å²) in [6, 6.07) is 5.10. The van der Waals surface area contributed by atoms with Crippen molar-refractivity contribution in [2.24, 2.45) is 11.8 Å². The molecule has 1 heterocycles. The van der Waals surface area contributed by atoms with Crippen LogP contribution in [0.5, 0.6) is 11.5 Å². The third-order valence-electron chi connectivity index (χ3n) is 4.09. The summed E-state index contributed by atoms with van der Waals surface area (Å²) >= 11 is 0. The first-order valence-electron chi connectivity index (χ1n) is 8.37. The maximum Gasteiger partial charge on any atom is 0.308 e. The first-order chi connectivity index (χ1) is 11.5. The van der Waals surface area contributed by atoms with Crippen molar-refractivity contribution in [1.82, 2.24) is 4.90 Å². The second-order valence-electron chi connectivity index (χ2n) is 6.11. The summed E-state index contributed by atoms with van der Waals surface area (Å²) in [5, 5.41) is 9.26. The van der Waals surface area contributed by atoms with Gasteiger partial charge in [-0.15, -0.1) is 0 Å². The minimum atomic E-state index is -0.846. The number of piperidine rings is 1. The molecule has 2 unspecified atom stereocenters. The number of carbonyl (C=O) groups excluding carboxylic acids is 1. The summed E-state index contributed by atoms with van der Waals surface area (Å²) in [5.74, 6) is -0.223. The van der Waals surface area contributed by atoms with E-state index in [1.807, 2.05) is 20.8 Å². The standard InChI is InChI=1S/C18H25NO5/c1-4-23-15-7-6-13(9-16(15)24-5-2)17(20)19-10-12(3)8-14(11-19)18(21)22/h6-7,9,12,14H,4-5,8,10-11H2,1-3H3,(H,21,22). The average Bonchev–Trinajstić information content (AvgIpc) is 2.55. The summed E-state index contributed by atoms with van der Waals surface area (Å²) in [6.45, 7) is 7.52. The number of benzene rings is 1. The Morgan fingerprint density at radius 1 is 1.17 bits per heavy atom. The van der Waals surface area contributed by atoms with Crippen LogP contribution in [0.4, 0.5) is 0 Å². The molecule has 0 aromatic heterocycles. The van der Waals surface area contributed by atoms with Crippen molar-refractivity contribution < 1.29 is 24.2 Å². The van der Waals surface area contributed by atoms with Gasteiger partial charge in [-0.3, -0.25) is 9.59 Å². The smallest absolute Gasteiger partial charge is 0.308 e. The molecule has 2 atom stereocenters. The molecule has 132 valence electrons. The number of nitrogens with zero attached hydrogens (tertiary/aromatic N) is 1. The lowest BCUT2D eigenvalue weighted by Gasteiger charge is -2.34. The van der Waals surface area contributed by atoms with Crippen molar-refractivity contribution in [2.75, 3.05) is 26.3 Å².